The number of rotatable bonds is 8. The van der Waals surface area contributed by atoms with E-state index in [2.05, 4.69) is 6.92 Å². The standard InChI is InChI=1S/C17H24O2/c1-3-5-6-10-13-19-17(18)16(4-2)14-15-11-8-7-9-12-15/h7-9,11-12,14H,3-6,10,13H2,1-2H3. The maximum Gasteiger partial charge on any atom is 0.334 e. The summed E-state index contributed by atoms with van der Waals surface area (Å²) in [5, 5.41) is 0. The Morgan fingerprint density at radius 2 is 1.84 bits per heavy atom. The summed E-state index contributed by atoms with van der Waals surface area (Å²) in [7, 11) is 0. The summed E-state index contributed by atoms with van der Waals surface area (Å²) in [5.74, 6) is -0.178. The monoisotopic (exact) mass is 260 g/mol. The summed E-state index contributed by atoms with van der Waals surface area (Å²) in [6.07, 6.45) is 7.10. The van der Waals surface area contributed by atoms with Crippen molar-refractivity contribution in [1.82, 2.24) is 0 Å². The lowest BCUT2D eigenvalue weighted by atomic mass is 10.1. The average molecular weight is 260 g/mol. The fourth-order valence-corrected chi connectivity index (χ4v) is 1.84. The van der Waals surface area contributed by atoms with Crippen molar-refractivity contribution in [3.63, 3.8) is 0 Å². The van der Waals surface area contributed by atoms with Gasteiger partial charge in [-0.1, -0.05) is 63.4 Å². The van der Waals surface area contributed by atoms with Crippen molar-refractivity contribution in [3.05, 3.63) is 41.5 Å². The van der Waals surface area contributed by atoms with E-state index in [1.807, 2.05) is 43.3 Å². The molecule has 0 aliphatic rings. The van der Waals surface area contributed by atoms with E-state index >= 15 is 0 Å². The second-order valence-electron chi connectivity index (χ2n) is 4.63. The van der Waals surface area contributed by atoms with Crippen LogP contribution in [-0.4, -0.2) is 12.6 Å². The summed E-state index contributed by atoms with van der Waals surface area (Å²) in [4.78, 5) is 11.9. The molecule has 0 saturated carbocycles. The number of esters is 1. The van der Waals surface area contributed by atoms with Gasteiger partial charge in [-0.3, -0.25) is 0 Å². The minimum atomic E-state index is -0.178. The number of carbonyl (C=O) groups is 1. The molecule has 0 atom stereocenters. The molecule has 0 spiro atoms. The first-order valence-electron chi connectivity index (χ1n) is 7.20. The molecule has 0 heterocycles. The quantitative estimate of drug-likeness (QED) is 0.388. The highest BCUT2D eigenvalue weighted by Gasteiger charge is 2.08. The van der Waals surface area contributed by atoms with Crippen LogP contribution in [0.4, 0.5) is 0 Å². The van der Waals surface area contributed by atoms with Gasteiger partial charge < -0.3 is 4.74 Å². The Kier molecular flexibility index (Phi) is 7.64. The largest absolute Gasteiger partial charge is 0.462 e. The molecule has 0 radical (unpaired) electrons. The van der Waals surface area contributed by atoms with Gasteiger partial charge >= 0.3 is 5.97 Å². The minimum absolute atomic E-state index is 0.178. The maximum atomic E-state index is 11.9. The maximum absolute atomic E-state index is 11.9. The molecule has 0 bridgehead atoms. The van der Waals surface area contributed by atoms with Crippen molar-refractivity contribution in [3.8, 4) is 0 Å². The Labute approximate surface area is 116 Å². The molecule has 19 heavy (non-hydrogen) atoms. The average Bonchev–Trinajstić information content (AvgIpc) is 2.45. The predicted octanol–water partition coefficient (Wildman–Crippen LogP) is 4.60. The minimum Gasteiger partial charge on any atom is -0.462 e. The number of hydrogen-bond acceptors (Lipinski definition) is 2. The molecule has 0 aromatic heterocycles. The Morgan fingerprint density at radius 3 is 2.47 bits per heavy atom. The molecule has 1 aromatic rings. The summed E-state index contributed by atoms with van der Waals surface area (Å²) >= 11 is 0. The van der Waals surface area contributed by atoms with Gasteiger partial charge in [-0.25, -0.2) is 4.79 Å². The lowest BCUT2D eigenvalue weighted by Gasteiger charge is -2.06. The van der Waals surface area contributed by atoms with Gasteiger partial charge in [0.1, 0.15) is 0 Å². The van der Waals surface area contributed by atoms with Crippen LogP contribution in [0, 0.1) is 0 Å². The molecule has 0 saturated heterocycles. The number of hydrogen-bond donors (Lipinski definition) is 0. The molecule has 0 aliphatic carbocycles. The topological polar surface area (TPSA) is 26.3 Å². The number of benzene rings is 1. The highest BCUT2D eigenvalue weighted by atomic mass is 16.5. The third kappa shape index (κ3) is 6.23. The SMILES string of the molecule is CCCCCCOC(=O)C(=Cc1ccccc1)CC. The molecule has 0 fully saturated rings. The molecule has 1 rings (SSSR count). The molecule has 0 unspecified atom stereocenters. The van der Waals surface area contributed by atoms with Crippen LogP contribution in [0.2, 0.25) is 0 Å². The van der Waals surface area contributed by atoms with Crippen LogP contribution < -0.4 is 0 Å². The predicted molar refractivity (Wildman–Crippen MR) is 79.8 cm³/mol. The Morgan fingerprint density at radius 1 is 1.11 bits per heavy atom. The molecular weight excluding hydrogens is 236 g/mol. The fraction of sp³-hybridized carbons (Fsp3) is 0.471. The number of ether oxygens (including phenoxy) is 1. The Bertz CT molecular complexity index is 393. The van der Waals surface area contributed by atoms with Crippen molar-refractivity contribution in [2.75, 3.05) is 6.61 Å². The highest BCUT2D eigenvalue weighted by molar-refractivity contribution is 5.93. The van der Waals surface area contributed by atoms with Crippen LogP contribution in [0.25, 0.3) is 6.08 Å². The smallest absolute Gasteiger partial charge is 0.334 e. The first-order chi connectivity index (χ1) is 9.27. The van der Waals surface area contributed by atoms with Crippen LogP contribution in [0.5, 0.6) is 0 Å². The van der Waals surface area contributed by atoms with Gasteiger partial charge in [0.05, 0.1) is 6.61 Å². The van der Waals surface area contributed by atoms with Gasteiger partial charge in [0.2, 0.25) is 0 Å². The Hall–Kier alpha value is -1.57. The van der Waals surface area contributed by atoms with Gasteiger partial charge in [0, 0.05) is 5.57 Å². The van der Waals surface area contributed by atoms with Crippen molar-refractivity contribution < 1.29 is 9.53 Å². The first-order valence-corrected chi connectivity index (χ1v) is 7.20. The number of carbonyl (C=O) groups excluding carboxylic acids is 1. The molecule has 0 aliphatic heterocycles. The molecule has 0 amide bonds. The first kappa shape index (κ1) is 15.5. The summed E-state index contributed by atoms with van der Waals surface area (Å²) < 4.78 is 5.31. The summed E-state index contributed by atoms with van der Waals surface area (Å²) in [6, 6.07) is 9.88. The second-order valence-corrected chi connectivity index (χ2v) is 4.63. The van der Waals surface area contributed by atoms with Gasteiger partial charge in [0.25, 0.3) is 0 Å². The third-order valence-corrected chi connectivity index (χ3v) is 3.01. The van der Waals surface area contributed by atoms with E-state index in [9.17, 15) is 4.79 Å². The van der Waals surface area contributed by atoms with Crippen molar-refractivity contribution >= 4 is 12.0 Å². The second kappa shape index (κ2) is 9.37. The molecule has 2 nitrogen and oxygen atoms in total. The zero-order valence-corrected chi connectivity index (χ0v) is 12.0. The van der Waals surface area contributed by atoms with Crippen LogP contribution in [0.3, 0.4) is 0 Å². The molecule has 1 aromatic carbocycles. The number of unbranched alkanes of at least 4 members (excludes halogenated alkanes) is 3. The van der Waals surface area contributed by atoms with Crippen LogP contribution in [0.15, 0.2) is 35.9 Å². The molecule has 0 N–H and O–H groups in total. The van der Waals surface area contributed by atoms with E-state index < -0.39 is 0 Å². The van der Waals surface area contributed by atoms with Crippen molar-refractivity contribution in [1.29, 1.82) is 0 Å². The summed E-state index contributed by atoms with van der Waals surface area (Å²) in [6.45, 7) is 4.68. The van der Waals surface area contributed by atoms with Crippen LogP contribution >= 0.6 is 0 Å². The van der Waals surface area contributed by atoms with E-state index in [0.29, 0.717) is 13.0 Å². The molecule has 104 valence electrons. The third-order valence-electron chi connectivity index (χ3n) is 3.01. The van der Waals surface area contributed by atoms with Crippen LogP contribution in [-0.2, 0) is 9.53 Å². The van der Waals surface area contributed by atoms with E-state index in [4.69, 9.17) is 4.74 Å². The normalized spacial score (nSPS) is 11.4. The van der Waals surface area contributed by atoms with Crippen molar-refractivity contribution in [2.45, 2.75) is 46.0 Å². The van der Waals surface area contributed by atoms with E-state index in [-0.39, 0.29) is 5.97 Å². The Balaban J connectivity index is 2.46. The van der Waals surface area contributed by atoms with Gasteiger partial charge in [-0.05, 0) is 24.5 Å². The molecule has 2 heteroatoms. The van der Waals surface area contributed by atoms with Gasteiger partial charge in [-0.15, -0.1) is 0 Å². The van der Waals surface area contributed by atoms with Crippen molar-refractivity contribution in [2.24, 2.45) is 0 Å². The van der Waals surface area contributed by atoms with Gasteiger partial charge in [-0.2, -0.15) is 0 Å². The van der Waals surface area contributed by atoms with E-state index in [1.165, 1.54) is 12.8 Å². The van der Waals surface area contributed by atoms with Gasteiger partial charge in [0.15, 0.2) is 0 Å². The lowest BCUT2D eigenvalue weighted by Crippen LogP contribution is -2.08. The molecular formula is C17H24O2. The van der Waals surface area contributed by atoms with Crippen LogP contribution in [0.1, 0.15) is 51.5 Å². The highest BCUT2D eigenvalue weighted by Crippen LogP contribution is 2.11. The zero-order chi connectivity index (χ0) is 13.9. The zero-order valence-electron chi connectivity index (χ0n) is 12.0. The fourth-order valence-electron chi connectivity index (χ4n) is 1.84. The lowest BCUT2D eigenvalue weighted by molar-refractivity contribution is -0.139. The van der Waals surface area contributed by atoms with E-state index in [0.717, 1.165) is 24.0 Å². The summed E-state index contributed by atoms with van der Waals surface area (Å²) in [5.41, 5.74) is 1.78. The van der Waals surface area contributed by atoms with E-state index in [1.54, 1.807) is 0 Å².